The normalized spacial score (nSPS) is 13.1. The molecule has 0 saturated heterocycles. The van der Waals surface area contributed by atoms with Crippen molar-refractivity contribution < 1.29 is 14.3 Å². The van der Waals surface area contributed by atoms with E-state index in [1.165, 1.54) is 6.42 Å². The Morgan fingerprint density at radius 3 is 2.20 bits per heavy atom. The number of carbonyl (C=O) groups excluding carboxylic acids is 2. The molecule has 1 atom stereocenters. The molecule has 0 fully saturated rings. The van der Waals surface area contributed by atoms with Crippen LogP contribution in [-0.4, -0.2) is 21.6 Å². The number of halogens is 4. The highest BCUT2D eigenvalue weighted by Crippen LogP contribution is 2.26. The molecule has 0 rings (SSSR count). The van der Waals surface area contributed by atoms with E-state index in [-0.39, 0.29) is 13.0 Å². The van der Waals surface area contributed by atoms with E-state index in [1.54, 1.807) is 0 Å². The van der Waals surface area contributed by atoms with Crippen molar-refractivity contribution in [3.63, 3.8) is 0 Å². The van der Waals surface area contributed by atoms with Crippen molar-refractivity contribution in [2.24, 2.45) is 5.92 Å². The second kappa shape index (κ2) is 10.9. The average Bonchev–Trinajstić information content (AvgIpc) is 2.33. The molecule has 0 N–H and O–H groups in total. The smallest absolute Gasteiger partial charge is 0.306 e. The quantitative estimate of drug-likeness (QED) is 0.236. The zero-order valence-corrected chi connectivity index (χ0v) is 14.5. The van der Waals surface area contributed by atoms with Gasteiger partial charge in [0.05, 0.1) is 6.42 Å². The van der Waals surface area contributed by atoms with Gasteiger partial charge in [-0.2, -0.15) is 0 Å². The molecule has 3 nitrogen and oxygen atoms in total. The lowest BCUT2D eigenvalue weighted by atomic mass is 9.98. The van der Waals surface area contributed by atoms with E-state index in [1.807, 2.05) is 0 Å². The monoisotopic (exact) mass is 364 g/mol. The van der Waals surface area contributed by atoms with Crippen LogP contribution in [-0.2, 0) is 14.3 Å². The number of hydrogen-bond acceptors (Lipinski definition) is 3. The first-order chi connectivity index (χ1) is 9.26. The minimum atomic E-state index is -1.64. The number of carbonyl (C=O) groups is 2. The first-order valence-electron chi connectivity index (χ1n) is 6.68. The molecular weight excluding hydrogens is 346 g/mol. The fraction of sp³-hybridized carbons (Fsp3) is 0.846. The standard InChI is InChI=1S/C13H20Cl4O3/c1-2-3-4-5-6-7-10(12(14)19)8-11(18)20-9-13(15,16)17/h10H,2-9H2,1H3/t10-/m1/s1. The van der Waals surface area contributed by atoms with Gasteiger partial charge in [0.15, 0.2) is 0 Å². The molecule has 0 unspecified atom stereocenters. The molecule has 0 aromatic heterocycles. The molecule has 118 valence electrons. The molecule has 0 aliphatic rings. The van der Waals surface area contributed by atoms with Gasteiger partial charge in [0.2, 0.25) is 9.03 Å². The predicted molar refractivity (Wildman–Crippen MR) is 83.6 cm³/mol. The highest BCUT2D eigenvalue weighted by molar-refractivity contribution is 6.67. The van der Waals surface area contributed by atoms with Crippen LogP contribution < -0.4 is 0 Å². The molecule has 0 amide bonds. The molecule has 0 saturated carbocycles. The van der Waals surface area contributed by atoms with E-state index in [0.29, 0.717) is 6.42 Å². The summed E-state index contributed by atoms with van der Waals surface area (Å²) in [5, 5.41) is -0.522. The van der Waals surface area contributed by atoms with Crippen molar-refractivity contribution in [1.82, 2.24) is 0 Å². The minimum Gasteiger partial charge on any atom is -0.461 e. The predicted octanol–water partition coefficient (Wildman–Crippen LogP) is 5.03. The van der Waals surface area contributed by atoms with Crippen LogP contribution in [0, 0.1) is 5.92 Å². The first kappa shape index (κ1) is 20.3. The molecule has 0 spiro atoms. The Kier molecular flexibility index (Phi) is 11.1. The second-order valence-corrected chi connectivity index (χ2v) is 7.57. The van der Waals surface area contributed by atoms with Crippen molar-refractivity contribution in [2.45, 2.75) is 55.7 Å². The van der Waals surface area contributed by atoms with E-state index in [2.05, 4.69) is 6.92 Å². The maximum atomic E-state index is 11.5. The Hall–Kier alpha value is 0.300. The van der Waals surface area contributed by atoms with Gasteiger partial charge in [-0.25, -0.2) is 0 Å². The molecule has 0 radical (unpaired) electrons. The molecule has 0 aliphatic heterocycles. The van der Waals surface area contributed by atoms with Crippen molar-refractivity contribution in [3.8, 4) is 0 Å². The van der Waals surface area contributed by atoms with Crippen molar-refractivity contribution >= 4 is 57.6 Å². The lowest BCUT2D eigenvalue weighted by Crippen LogP contribution is -2.21. The van der Waals surface area contributed by atoms with Crippen LogP contribution in [0.15, 0.2) is 0 Å². The van der Waals surface area contributed by atoms with Gasteiger partial charge in [0, 0.05) is 5.92 Å². The van der Waals surface area contributed by atoms with Crippen molar-refractivity contribution in [3.05, 3.63) is 0 Å². The molecule has 0 heterocycles. The third-order valence-corrected chi connectivity index (χ3v) is 3.42. The topological polar surface area (TPSA) is 43.4 Å². The summed E-state index contributed by atoms with van der Waals surface area (Å²) >= 11 is 21.9. The van der Waals surface area contributed by atoms with Crippen LogP contribution in [0.4, 0.5) is 0 Å². The summed E-state index contributed by atoms with van der Waals surface area (Å²) in [5.41, 5.74) is 0. The summed E-state index contributed by atoms with van der Waals surface area (Å²) in [6, 6.07) is 0. The molecule has 0 aromatic rings. The number of hydrogen-bond donors (Lipinski definition) is 0. The van der Waals surface area contributed by atoms with Crippen LogP contribution >= 0.6 is 46.4 Å². The summed E-state index contributed by atoms with van der Waals surface area (Å²) in [6.07, 6.45) is 5.84. The van der Waals surface area contributed by atoms with Crippen LogP contribution in [0.3, 0.4) is 0 Å². The SMILES string of the molecule is CCCCCCC[C@H](CC(=O)OCC(Cl)(Cl)Cl)C(=O)Cl. The Balaban J connectivity index is 4.01. The lowest BCUT2D eigenvalue weighted by Gasteiger charge is -2.14. The summed E-state index contributed by atoms with van der Waals surface area (Å²) in [7, 11) is 0. The molecule has 0 aromatic carbocycles. The van der Waals surface area contributed by atoms with Crippen LogP contribution in [0.25, 0.3) is 0 Å². The van der Waals surface area contributed by atoms with E-state index >= 15 is 0 Å². The fourth-order valence-electron chi connectivity index (χ4n) is 1.71. The lowest BCUT2D eigenvalue weighted by molar-refractivity contribution is -0.145. The Bertz CT molecular complexity index is 302. The maximum absolute atomic E-state index is 11.5. The Morgan fingerprint density at radius 1 is 1.10 bits per heavy atom. The average molecular weight is 366 g/mol. The maximum Gasteiger partial charge on any atom is 0.306 e. The minimum absolute atomic E-state index is 0.0726. The Labute approximate surface area is 140 Å². The molecule has 7 heteroatoms. The number of alkyl halides is 3. The molecule has 0 bridgehead atoms. The number of rotatable bonds is 10. The second-order valence-electron chi connectivity index (χ2n) is 4.68. The van der Waals surface area contributed by atoms with Crippen LogP contribution in [0.1, 0.15) is 51.9 Å². The van der Waals surface area contributed by atoms with Gasteiger partial charge in [-0.05, 0) is 18.0 Å². The third-order valence-electron chi connectivity index (χ3n) is 2.79. The van der Waals surface area contributed by atoms with E-state index in [0.717, 1.165) is 25.7 Å². The van der Waals surface area contributed by atoms with Gasteiger partial charge >= 0.3 is 5.97 Å². The molecule has 0 aliphatic carbocycles. The van der Waals surface area contributed by atoms with Crippen molar-refractivity contribution in [2.75, 3.05) is 6.61 Å². The summed E-state index contributed by atoms with van der Waals surface area (Å²) in [5.74, 6) is -1.11. The molecular formula is C13H20Cl4O3. The highest BCUT2D eigenvalue weighted by Gasteiger charge is 2.25. The fourth-order valence-corrected chi connectivity index (χ4v) is 2.06. The molecule has 20 heavy (non-hydrogen) atoms. The van der Waals surface area contributed by atoms with Gasteiger partial charge in [0.25, 0.3) is 0 Å². The number of unbranched alkanes of at least 4 members (excludes halogenated alkanes) is 4. The summed E-state index contributed by atoms with van der Waals surface area (Å²) < 4.78 is 3.14. The first-order valence-corrected chi connectivity index (χ1v) is 8.19. The van der Waals surface area contributed by atoms with Gasteiger partial charge in [-0.1, -0.05) is 73.8 Å². The summed E-state index contributed by atoms with van der Waals surface area (Å²) in [6.45, 7) is 1.79. The van der Waals surface area contributed by atoms with Gasteiger partial charge in [-0.3, -0.25) is 9.59 Å². The largest absolute Gasteiger partial charge is 0.461 e. The van der Waals surface area contributed by atoms with Crippen LogP contribution in [0.2, 0.25) is 0 Å². The zero-order chi connectivity index (χ0) is 15.6. The Morgan fingerprint density at radius 2 is 1.70 bits per heavy atom. The van der Waals surface area contributed by atoms with Gasteiger partial charge in [0.1, 0.15) is 6.61 Å². The van der Waals surface area contributed by atoms with Gasteiger partial charge in [-0.15, -0.1) is 0 Å². The zero-order valence-electron chi connectivity index (χ0n) is 11.5. The van der Waals surface area contributed by atoms with E-state index in [9.17, 15) is 9.59 Å². The summed E-state index contributed by atoms with van der Waals surface area (Å²) in [4.78, 5) is 22.8. The van der Waals surface area contributed by atoms with E-state index in [4.69, 9.17) is 51.1 Å². The third kappa shape index (κ3) is 12.1. The number of esters is 1. The van der Waals surface area contributed by atoms with E-state index < -0.39 is 20.9 Å². The van der Waals surface area contributed by atoms with Crippen molar-refractivity contribution in [1.29, 1.82) is 0 Å². The van der Waals surface area contributed by atoms with Gasteiger partial charge < -0.3 is 4.74 Å². The highest BCUT2D eigenvalue weighted by atomic mass is 35.6. The number of ether oxygens (including phenoxy) is 1. The van der Waals surface area contributed by atoms with Crippen LogP contribution in [0.5, 0.6) is 0 Å².